The molecule has 0 radical (unpaired) electrons. The molecule has 2 atom stereocenters. The van der Waals surface area contributed by atoms with Gasteiger partial charge >= 0.3 is 0 Å². The zero-order valence-electron chi connectivity index (χ0n) is 16.3. The minimum absolute atomic E-state index is 0.176. The van der Waals surface area contributed by atoms with E-state index < -0.39 is 8.07 Å². The molecule has 1 fully saturated rings. The molecule has 2 aromatic rings. The molecule has 132 valence electrons. The number of benzene rings is 2. The van der Waals surface area contributed by atoms with Crippen LogP contribution < -0.4 is 4.90 Å². The summed E-state index contributed by atoms with van der Waals surface area (Å²) in [5.41, 5.74) is 2.76. The van der Waals surface area contributed by atoms with Crippen LogP contribution in [0.1, 0.15) is 38.8 Å². The van der Waals surface area contributed by atoms with Crippen LogP contribution in [0.3, 0.4) is 0 Å². The van der Waals surface area contributed by atoms with E-state index in [2.05, 4.69) is 112 Å². The highest BCUT2D eigenvalue weighted by molar-refractivity contribution is 6.85. The Balaban J connectivity index is 2.18. The first-order valence-corrected chi connectivity index (χ1v) is 12.3. The molecule has 1 saturated heterocycles. The van der Waals surface area contributed by atoms with Crippen LogP contribution in [0.5, 0.6) is 0 Å². The molecule has 1 aliphatic heterocycles. The van der Waals surface area contributed by atoms with Gasteiger partial charge in [0.2, 0.25) is 0 Å². The van der Waals surface area contributed by atoms with Crippen molar-refractivity contribution in [3.05, 3.63) is 78.9 Å². The van der Waals surface area contributed by atoms with Gasteiger partial charge in [0.15, 0.2) is 0 Å². The zero-order valence-corrected chi connectivity index (χ0v) is 17.3. The molecular weight excluding hydrogens is 318 g/mol. The Kier molecular flexibility index (Phi) is 4.44. The number of hydrogen-bond donors (Lipinski definition) is 0. The Hall–Kier alpha value is -1.80. The third-order valence-corrected chi connectivity index (χ3v) is 13.3. The Bertz CT molecular complexity index is 682. The second-order valence-electron chi connectivity index (χ2n) is 8.81. The van der Waals surface area contributed by atoms with E-state index in [1.165, 1.54) is 11.3 Å². The van der Waals surface area contributed by atoms with Crippen molar-refractivity contribution in [3.8, 4) is 0 Å². The second-order valence-corrected chi connectivity index (χ2v) is 14.4. The van der Waals surface area contributed by atoms with Gasteiger partial charge in [-0.1, -0.05) is 88.5 Å². The van der Waals surface area contributed by atoms with Gasteiger partial charge in [0.05, 0.1) is 19.3 Å². The predicted molar refractivity (Wildman–Crippen MR) is 113 cm³/mol. The number of hydrogen-bond acceptors (Lipinski definition) is 1. The summed E-state index contributed by atoms with van der Waals surface area (Å²) in [5.74, 6) is 0. The van der Waals surface area contributed by atoms with Gasteiger partial charge in [0.1, 0.15) is 0 Å². The Labute approximate surface area is 154 Å². The molecule has 0 aromatic heterocycles. The van der Waals surface area contributed by atoms with E-state index in [0.29, 0.717) is 11.1 Å². The van der Waals surface area contributed by atoms with Crippen molar-refractivity contribution in [1.82, 2.24) is 0 Å². The van der Waals surface area contributed by atoms with Crippen LogP contribution in [0.25, 0.3) is 0 Å². The van der Waals surface area contributed by atoms with Gasteiger partial charge in [-0.05, 0) is 29.2 Å². The van der Waals surface area contributed by atoms with Crippen LogP contribution in [0.4, 0.5) is 5.69 Å². The third-order valence-electron chi connectivity index (χ3n) is 6.64. The normalized spacial score (nSPS) is 23.4. The Morgan fingerprint density at radius 1 is 1.00 bits per heavy atom. The molecule has 2 aromatic carbocycles. The van der Waals surface area contributed by atoms with E-state index >= 15 is 0 Å². The summed E-state index contributed by atoms with van der Waals surface area (Å²) in [5, 5.41) is 0.488. The highest BCUT2D eigenvalue weighted by atomic mass is 28.3. The average Bonchev–Trinajstić information content (AvgIpc) is 3.26. The van der Waals surface area contributed by atoms with Crippen molar-refractivity contribution in [1.29, 1.82) is 0 Å². The number of rotatable bonds is 5. The second kappa shape index (κ2) is 6.17. The third kappa shape index (κ3) is 2.67. The lowest BCUT2D eigenvalue weighted by Crippen LogP contribution is -2.54. The molecule has 0 amide bonds. The minimum Gasteiger partial charge on any atom is -0.357 e. The molecule has 0 saturated carbocycles. The topological polar surface area (TPSA) is 3.01 Å². The van der Waals surface area contributed by atoms with Crippen LogP contribution in [-0.2, 0) is 0 Å². The lowest BCUT2D eigenvalue weighted by molar-refractivity contribution is 0.663. The maximum Gasteiger partial charge on any atom is 0.0862 e. The molecule has 0 spiro atoms. The summed E-state index contributed by atoms with van der Waals surface area (Å²) < 4.78 is 0. The highest BCUT2D eigenvalue weighted by Crippen LogP contribution is 2.66. The van der Waals surface area contributed by atoms with Crippen LogP contribution in [-0.4, -0.2) is 13.2 Å². The smallest absolute Gasteiger partial charge is 0.0862 e. The molecule has 1 aliphatic rings. The molecular formula is C23H31NSi. The number of nitrogens with zero attached hydrogens (tertiary/aromatic N) is 1. The fourth-order valence-corrected chi connectivity index (χ4v) is 8.07. The molecule has 0 unspecified atom stereocenters. The van der Waals surface area contributed by atoms with Gasteiger partial charge in [0, 0.05) is 5.69 Å². The monoisotopic (exact) mass is 349 g/mol. The Morgan fingerprint density at radius 3 is 2.00 bits per heavy atom. The lowest BCUT2D eigenvalue weighted by Gasteiger charge is -2.44. The van der Waals surface area contributed by atoms with E-state index in [1.807, 2.05) is 0 Å². The van der Waals surface area contributed by atoms with Crippen LogP contribution in [0.2, 0.25) is 18.1 Å². The Morgan fingerprint density at radius 2 is 1.52 bits per heavy atom. The van der Waals surface area contributed by atoms with Gasteiger partial charge in [-0.25, -0.2) is 0 Å². The summed E-state index contributed by atoms with van der Waals surface area (Å²) >= 11 is 0. The van der Waals surface area contributed by atoms with Crippen LogP contribution >= 0.6 is 0 Å². The van der Waals surface area contributed by atoms with Crippen LogP contribution in [0, 0.1) is 0 Å². The van der Waals surface area contributed by atoms with Gasteiger partial charge in [-0.2, -0.15) is 0 Å². The lowest BCUT2D eigenvalue weighted by atomic mass is 10.1. The number of anilines is 1. The van der Waals surface area contributed by atoms with E-state index in [0.717, 1.165) is 6.42 Å². The first-order valence-electron chi connectivity index (χ1n) is 9.27. The van der Waals surface area contributed by atoms with Crippen molar-refractivity contribution in [2.75, 3.05) is 4.90 Å². The van der Waals surface area contributed by atoms with Gasteiger partial charge in [0.25, 0.3) is 0 Å². The summed E-state index contributed by atoms with van der Waals surface area (Å²) in [4.78, 5) is 2.68. The van der Waals surface area contributed by atoms with E-state index in [1.54, 1.807) is 0 Å². The summed E-state index contributed by atoms with van der Waals surface area (Å²) in [7, 11) is -1.68. The van der Waals surface area contributed by atoms with Gasteiger partial charge in [-0.3, -0.25) is 0 Å². The SMILES string of the molecule is C=CC[C@@]1([Si](C)(C)C(C)(C)C)[C@H](c2ccccc2)N1c1ccccc1. The summed E-state index contributed by atoms with van der Waals surface area (Å²) in [6.45, 7) is 16.5. The number of para-hydroxylation sites is 1. The summed E-state index contributed by atoms with van der Waals surface area (Å²) in [6.07, 6.45) is 3.18. The van der Waals surface area contributed by atoms with Crippen molar-refractivity contribution < 1.29 is 0 Å². The van der Waals surface area contributed by atoms with Crippen molar-refractivity contribution in [2.24, 2.45) is 0 Å². The molecule has 1 nitrogen and oxygen atoms in total. The maximum absolute atomic E-state index is 4.13. The van der Waals surface area contributed by atoms with Crippen molar-refractivity contribution in [2.45, 2.75) is 56.5 Å². The molecule has 0 N–H and O–H groups in total. The highest BCUT2D eigenvalue weighted by Gasteiger charge is 2.72. The van der Waals surface area contributed by atoms with E-state index in [-0.39, 0.29) is 5.16 Å². The quantitative estimate of drug-likeness (QED) is 0.333. The zero-order chi connectivity index (χ0) is 18.3. The first-order chi connectivity index (χ1) is 11.8. The summed E-state index contributed by atoms with van der Waals surface area (Å²) in [6, 6.07) is 22.4. The van der Waals surface area contributed by atoms with Crippen LogP contribution in [0.15, 0.2) is 73.3 Å². The standard InChI is InChI=1S/C23H31NSi/c1-7-18-23(25(5,6)22(2,3)4)21(19-14-10-8-11-15-19)24(23)20-16-12-9-13-17-20/h7-17,21H,1,18H2,2-6H3/t21-,23+,24?/m0/s1. The van der Waals surface area contributed by atoms with Gasteiger partial charge < -0.3 is 4.90 Å². The maximum atomic E-state index is 4.13. The van der Waals surface area contributed by atoms with E-state index in [9.17, 15) is 0 Å². The molecule has 0 bridgehead atoms. The molecule has 25 heavy (non-hydrogen) atoms. The predicted octanol–water partition coefficient (Wildman–Crippen LogP) is 6.61. The fourth-order valence-electron chi connectivity index (χ4n) is 4.34. The molecule has 3 rings (SSSR count). The molecule has 0 aliphatic carbocycles. The fraction of sp³-hybridized carbons (Fsp3) is 0.391. The largest absolute Gasteiger partial charge is 0.357 e. The minimum atomic E-state index is -1.68. The van der Waals surface area contributed by atoms with E-state index in [4.69, 9.17) is 0 Å². The molecule has 2 heteroatoms. The van der Waals surface area contributed by atoms with Gasteiger partial charge in [-0.15, -0.1) is 6.58 Å². The molecule has 1 heterocycles. The van der Waals surface area contributed by atoms with Crippen molar-refractivity contribution in [3.63, 3.8) is 0 Å². The van der Waals surface area contributed by atoms with Crippen molar-refractivity contribution >= 4 is 13.8 Å². The average molecular weight is 350 g/mol. The first kappa shape index (κ1) is 18.0.